The van der Waals surface area contributed by atoms with Gasteiger partial charge in [-0.05, 0) is 37.9 Å². The number of aromatic amines is 1. The molecule has 0 aliphatic carbocycles. The number of hydrogen-bond acceptors (Lipinski definition) is 2. The summed E-state index contributed by atoms with van der Waals surface area (Å²) in [4.78, 5) is 14.1. The highest BCUT2D eigenvalue weighted by molar-refractivity contribution is 9.11. The van der Waals surface area contributed by atoms with Crippen LogP contribution in [-0.4, -0.2) is 12.1 Å². The monoisotopic (exact) mass is 399 g/mol. The second-order valence-electron chi connectivity index (χ2n) is 3.67. The maximum Gasteiger partial charge on any atom is 0.431 e. The van der Waals surface area contributed by atoms with Crippen molar-refractivity contribution in [2.45, 2.75) is 6.18 Å². The van der Waals surface area contributed by atoms with Gasteiger partial charge in [0.15, 0.2) is 5.43 Å². The van der Waals surface area contributed by atoms with Crippen molar-refractivity contribution in [3.8, 4) is 5.75 Å². The first kappa shape index (κ1) is 14.4. The molecular weight excluding hydrogens is 395 g/mol. The third-order valence-electron chi connectivity index (χ3n) is 2.48. The van der Waals surface area contributed by atoms with Crippen molar-refractivity contribution in [2.24, 2.45) is 0 Å². The number of H-pyrrole nitrogens is 1. The van der Waals surface area contributed by atoms with Crippen molar-refractivity contribution in [3.05, 3.63) is 37.0 Å². The van der Waals surface area contributed by atoms with Gasteiger partial charge in [-0.3, -0.25) is 4.79 Å². The molecule has 0 spiro atoms. The molecule has 0 amide bonds. The molecule has 19 heavy (non-hydrogen) atoms. The van der Waals surface area contributed by atoms with Gasteiger partial charge in [-0.1, -0.05) is 0 Å². The molecule has 1 aromatic heterocycles. The Bertz CT molecular complexity index is 710. The first-order valence-corrected chi connectivity index (χ1v) is 6.50. The number of methoxy groups -OCH3 is 1. The summed E-state index contributed by atoms with van der Waals surface area (Å²) >= 11 is 6.31. The number of benzene rings is 1. The van der Waals surface area contributed by atoms with Crippen LogP contribution in [0.4, 0.5) is 13.2 Å². The second kappa shape index (κ2) is 4.82. The minimum atomic E-state index is -4.62. The Morgan fingerprint density at radius 2 is 1.84 bits per heavy atom. The predicted molar refractivity (Wildman–Crippen MR) is 71.5 cm³/mol. The van der Waals surface area contributed by atoms with Gasteiger partial charge in [0.05, 0.1) is 22.5 Å². The lowest BCUT2D eigenvalue weighted by Gasteiger charge is -2.12. The summed E-state index contributed by atoms with van der Waals surface area (Å²) in [7, 11) is 1.34. The largest absolute Gasteiger partial charge is 0.495 e. The Balaban J connectivity index is 2.95. The summed E-state index contributed by atoms with van der Waals surface area (Å²) in [5.41, 5.74) is -1.82. The number of rotatable bonds is 1. The average Bonchev–Trinajstić information content (AvgIpc) is 2.29. The van der Waals surface area contributed by atoms with Crippen LogP contribution >= 0.6 is 31.9 Å². The quantitative estimate of drug-likeness (QED) is 0.783. The summed E-state index contributed by atoms with van der Waals surface area (Å²) in [5.74, 6) is 0.188. The van der Waals surface area contributed by atoms with Crippen LogP contribution in [0.5, 0.6) is 5.75 Å². The van der Waals surface area contributed by atoms with Gasteiger partial charge < -0.3 is 9.72 Å². The normalized spacial score (nSPS) is 11.9. The lowest BCUT2D eigenvalue weighted by atomic mass is 10.1. The zero-order valence-corrected chi connectivity index (χ0v) is 12.5. The molecule has 1 heterocycles. The molecular formula is C11H6Br2F3NO2. The van der Waals surface area contributed by atoms with E-state index < -0.39 is 17.3 Å². The van der Waals surface area contributed by atoms with Gasteiger partial charge in [-0.25, -0.2) is 0 Å². The van der Waals surface area contributed by atoms with Gasteiger partial charge in [0.2, 0.25) is 0 Å². The van der Waals surface area contributed by atoms with E-state index in [-0.39, 0.29) is 16.7 Å². The third kappa shape index (κ3) is 2.51. The van der Waals surface area contributed by atoms with E-state index in [1.54, 1.807) is 0 Å². The standard InChI is InChI=1S/C11H6Br2F3NO2/c1-19-10-5(13)2-4(12)9-8(10)6(18)3-7(17-9)11(14,15)16/h2-3H,1H3,(H,17,18). The Morgan fingerprint density at radius 1 is 1.21 bits per heavy atom. The molecule has 2 rings (SSSR count). The fourth-order valence-corrected chi connectivity index (χ4v) is 3.11. The van der Waals surface area contributed by atoms with Crippen LogP contribution < -0.4 is 10.2 Å². The van der Waals surface area contributed by atoms with Crippen LogP contribution in [0, 0.1) is 0 Å². The number of alkyl halides is 3. The number of nitrogens with one attached hydrogen (secondary N) is 1. The lowest BCUT2D eigenvalue weighted by molar-refractivity contribution is -0.141. The Labute approximate surface area is 122 Å². The van der Waals surface area contributed by atoms with Gasteiger partial charge in [-0.15, -0.1) is 0 Å². The van der Waals surface area contributed by atoms with Crippen molar-refractivity contribution in [2.75, 3.05) is 7.11 Å². The van der Waals surface area contributed by atoms with Gasteiger partial charge >= 0.3 is 6.18 Å². The molecule has 8 heteroatoms. The van der Waals surface area contributed by atoms with E-state index in [1.165, 1.54) is 13.2 Å². The van der Waals surface area contributed by atoms with E-state index in [1.807, 2.05) is 0 Å². The second-order valence-corrected chi connectivity index (χ2v) is 5.38. The van der Waals surface area contributed by atoms with Gasteiger partial charge in [0.25, 0.3) is 0 Å². The molecule has 0 saturated carbocycles. The molecule has 0 unspecified atom stereocenters. The maximum atomic E-state index is 12.7. The van der Waals surface area contributed by atoms with Crippen molar-refractivity contribution >= 4 is 42.8 Å². The maximum absolute atomic E-state index is 12.7. The van der Waals surface area contributed by atoms with E-state index in [0.29, 0.717) is 15.0 Å². The number of pyridine rings is 1. The topological polar surface area (TPSA) is 42.1 Å². The number of aromatic nitrogens is 1. The smallest absolute Gasteiger partial charge is 0.431 e. The van der Waals surface area contributed by atoms with Crippen LogP contribution in [-0.2, 0) is 6.18 Å². The molecule has 0 atom stereocenters. The van der Waals surface area contributed by atoms with Crippen LogP contribution in [0.3, 0.4) is 0 Å². The number of ether oxygens (including phenoxy) is 1. The SMILES string of the molecule is COc1c(Br)cc(Br)c2[nH]c(C(F)(F)F)cc(=O)c12. The van der Waals surface area contributed by atoms with E-state index in [2.05, 4.69) is 36.8 Å². The number of hydrogen-bond donors (Lipinski definition) is 1. The summed E-state index contributed by atoms with van der Waals surface area (Å²) in [5, 5.41) is 0.0525. The highest BCUT2D eigenvalue weighted by Gasteiger charge is 2.33. The zero-order chi connectivity index (χ0) is 14.4. The van der Waals surface area contributed by atoms with E-state index >= 15 is 0 Å². The van der Waals surface area contributed by atoms with E-state index in [0.717, 1.165) is 0 Å². The van der Waals surface area contributed by atoms with Crippen molar-refractivity contribution in [3.63, 3.8) is 0 Å². The molecule has 0 aliphatic heterocycles. The molecule has 1 aromatic carbocycles. The first-order valence-electron chi connectivity index (χ1n) is 4.92. The number of halogens is 5. The molecule has 1 N–H and O–H groups in total. The molecule has 0 saturated heterocycles. The highest BCUT2D eigenvalue weighted by atomic mass is 79.9. The lowest BCUT2D eigenvalue weighted by Crippen LogP contribution is -2.14. The Kier molecular flexibility index (Phi) is 3.65. The Morgan fingerprint density at radius 3 is 2.37 bits per heavy atom. The molecule has 0 radical (unpaired) electrons. The minimum Gasteiger partial charge on any atom is -0.495 e. The summed E-state index contributed by atoms with van der Waals surface area (Å²) in [6, 6.07) is 2.03. The third-order valence-corrected chi connectivity index (χ3v) is 3.69. The Hall–Kier alpha value is -1.02. The van der Waals surface area contributed by atoms with Crippen molar-refractivity contribution in [1.29, 1.82) is 0 Å². The summed E-state index contributed by atoms with van der Waals surface area (Å²) in [6.07, 6.45) is -4.62. The van der Waals surface area contributed by atoms with Crippen LogP contribution in [0.2, 0.25) is 0 Å². The fourth-order valence-electron chi connectivity index (χ4n) is 1.68. The van der Waals surface area contributed by atoms with E-state index in [9.17, 15) is 18.0 Å². The first-order chi connectivity index (χ1) is 8.75. The van der Waals surface area contributed by atoms with Crippen molar-refractivity contribution < 1.29 is 17.9 Å². The van der Waals surface area contributed by atoms with Crippen molar-refractivity contribution in [1.82, 2.24) is 4.98 Å². The minimum absolute atomic E-state index is 0.0416. The van der Waals surface area contributed by atoms with Gasteiger partial charge in [-0.2, -0.15) is 13.2 Å². The molecule has 2 aromatic rings. The average molecular weight is 401 g/mol. The molecule has 0 bridgehead atoms. The van der Waals surface area contributed by atoms with E-state index in [4.69, 9.17) is 4.74 Å². The van der Waals surface area contributed by atoms with Gasteiger partial charge in [0.1, 0.15) is 11.4 Å². The summed E-state index contributed by atoms with van der Waals surface area (Å²) in [6.45, 7) is 0. The highest BCUT2D eigenvalue weighted by Crippen LogP contribution is 2.37. The van der Waals surface area contributed by atoms with Crippen LogP contribution in [0.25, 0.3) is 10.9 Å². The predicted octanol–water partition coefficient (Wildman–Crippen LogP) is 4.08. The van der Waals surface area contributed by atoms with Gasteiger partial charge in [0, 0.05) is 10.5 Å². The molecule has 3 nitrogen and oxygen atoms in total. The zero-order valence-electron chi connectivity index (χ0n) is 9.36. The van der Waals surface area contributed by atoms with Crippen LogP contribution in [0.15, 0.2) is 25.9 Å². The summed E-state index contributed by atoms with van der Waals surface area (Å²) < 4.78 is 43.8. The molecule has 0 fully saturated rings. The fraction of sp³-hybridized carbons (Fsp3) is 0.182. The number of fused-ring (bicyclic) bond motifs is 1. The molecule has 102 valence electrons. The molecule has 0 aliphatic rings. The van der Waals surface area contributed by atoms with Crippen LogP contribution in [0.1, 0.15) is 5.69 Å².